The predicted molar refractivity (Wildman–Crippen MR) is 294 cm³/mol. The number of para-hydroxylation sites is 3. The zero-order valence-corrected chi connectivity index (χ0v) is 38.8. The second-order valence-electron chi connectivity index (χ2n) is 17.9. The van der Waals surface area contributed by atoms with Crippen LogP contribution >= 0.6 is 0 Å². The maximum atomic E-state index is 10.2. The highest BCUT2D eigenvalue weighted by molar-refractivity contribution is 6.13. The fourth-order valence-corrected chi connectivity index (χ4v) is 10.5. The van der Waals surface area contributed by atoms with Crippen molar-refractivity contribution in [2.45, 2.75) is 0 Å². The third-order valence-electron chi connectivity index (χ3n) is 13.8. The molecule has 0 radical (unpaired) electrons. The summed E-state index contributed by atoms with van der Waals surface area (Å²) in [5, 5.41) is 14.7. The number of rotatable bonds is 8. The van der Waals surface area contributed by atoms with Gasteiger partial charge >= 0.3 is 0 Å². The van der Waals surface area contributed by atoms with Crippen LogP contribution in [-0.4, -0.2) is 19.1 Å². The van der Waals surface area contributed by atoms with Crippen molar-refractivity contribution in [2.24, 2.45) is 0 Å². The number of hydrogen-bond acceptors (Lipinski definition) is 3. The van der Waals surface area contributed by atoms with Gasteiger partial charge < -0.3 is 9.13 Å². The molecule has 0 spiro atoms. The first-order valence-corrected chi connectivity index (χ1v) is 23.9. The second kappa shape index (κ2) is 17.4. The summed E-state index contributed by atoms with van der Waals surface area (Å²) in [6.45, 7) is 8.03. The minimum Gasteiger partial charge on any atom is -0.309 e. The maximum absolute atomic E-state index is 10.2. The van der Waals surface area contributed by atoms with Crippen molar-refractivity contribution in [1.29, 1.82) is 5.26 Å². The molecule has 334 valence electrons. The molecular weight excluding hydrogens is 877 g/mol. The summed E-state index contributed by atoms with van der Waals surface area (Å²) in [5.74, 6) is 0.651. The van der Waals surface area contributed by atoms with Crippen LogP contribution in [-0.2, 0) is 0 Å². The third kappa shape index (κ3) is 7.10. The van der Waals surface area contributed by atoms with Gasteiger partial charge in [-0.1, -0.05) is 170 Å². The standard InChI is InChI=1S/C66H40N6/c1-68-58-28-13-10-25-52(58)47-32-35-65-57(39-47)56-38-46(51-24-9-8-21-49(51)42-67)31-34-64(56)72(65)63-36-33-48(60-41-59(43-17-4-2-5-18-43)69-66(70-60)44-19-6-3-7-20-44)40-55(63)45-22-16-23-50(37-45)71-61-29-14-11-26-53(61)54-27-12-15-30-62(54)71/h2-41H. The molecule has 0 aliphatic carbocycles. The molecule has 0 atom stereocenters. The average molecular weight is 917 g/mol. The topological polar surface area (TPSA) is 63.8 Å². The Morgan fingerprint density at radius 3 is 1.58 bits per heavy atom. The summed E-state index contributed by atoms with van der Waals surface area (Å²) < 4.78 is 4.73. The molecule has 10 aromatic carbocycles. The zero-order valence-electron chi connectivity index (χ0n) is 38.8. The van der Waals surface area contributed by atoms with Crippen molar-refractivity contribution >= 4 is 49.3 Å². The first-order valence-electron chi connectivity index (χ1n) is 23.9. The number of nitriles is 1. The van der Waals surface area contributed by atoms with E-state index >= 15 is 0 Å². The number of nitrogens with zero attached hydrogens (tertiary/aromatic N) is 6. The average Bonchev–Trinajstić information content (AvgIpc) is 3.97. The van der Waals surface area contributed by atoms with E-state index < -0.39 is 0 Å². The van der Waals surface area contributed by atoms with Crippen molar-refractivity contribution in [3.05, 3.63) is 260 Å². The molecule has 72 heavy (non-hydrogen) atoms. The van der Waals surface area contributed by atoms with Crippen molar-refractivity contribution in [3.63, 3.8) is 0 Å². The van der Waals surface area contributed by atoms with Gasteiger partial charge in [0.2, 0.25) is 0 Å². The summed E-state index contributed by atoms with van der Waals surface area (Å²) in [7, 11) is 0. The van der Waals surface area contributed by atoms with Crippen LogP contribution in [0.25, 0.3) is 127 Å². The van der Waals surface area contributed by atoms with Crippen molar-refractivity contribution < 1.29 is 0 Å². The van der Waals surface area contributed by atoms with Crippen LogP contribution in [0, 0.1) is 17.9 Å². The minimum absolute atomic E-state index is 0.598. The highest BCUT2D eigenvalue weighted by atomic mass is 15.0. The Balaban J connectivity index is 1.09. The number of aromatic nitrogens is 4. The molecule has 6 heteroatoms. The molecule has 0 aliphatic rings. The normalized spacial score (nSPS) is 11.3. The number of hydrogen-bond donors (Lipinski definition) is 0. The van der Waals surface area contributed by atoms with Gasteiger partial charge in [0.15, 0.2) is 11.5 Å². The molecule has 0 bridgehead atoms. The van der Waals surface area contributed by atoms with E-state index in [-0.39, 0.29) is 0 Å². The van der Waals surface area contributed by atoms with Crippen LogP contribution in [0.2, 0.25) is 0 Å². The summed E-state index contributed by atoms with van der Waals surface area (Å²) in [6, 6.07) is 86.3. The van der Waals surface area contributed by atoms with E-state index in [0.29, 0.717) is 17.1 Å². The Morgan fingerprint density at radius 1 is 0.375 bits per heavy atom. The van der Waals surface area contributed by atoms with Gasteiger partial charge in [-0.25, -0.2) is 14.8 Å². The van der Waals surface area contributed by atoms with Crippen LogP contribution < -0.4 is 0 Å². The van der Waals surface area contributed by atoms with E-state index in [2.05, 4.69) is 178 Å². The Hall–Kier alpha value is -10.1. The monoisotopic (exact) mass is 916 g/mol. The van der Waals surface area contributed by atoms with Crippen LogP contribution in [0.3, 0.4) is 0 Å². The van der Waals surface area contributed by atoms with E-state index in [1.165, 1.54) is 10.8 Å². The second-order valence-corrected chi connectivity index (χ2v) is 17.9. The summed E-state index contributed by atoms with van der Waals surface area (Å²) >= 11 is 0. The number of benzene rings is 10. The first kappa shape index (κ1) is 42.0. The van der Waals surface area contributed by atoms with Crippen molar-refractivity contribution in [1.82, 2.24) is 19.1 Å². The highest BCUT2D eigenvalue weighted by Crippen LogP contribution is 2.43. The lowest BCUT2D eigenvalue weighted by molar-refractivity contribution is 1.16. The van der Waals surface area contributed by atoms with Crippen LogP contribution in [0.15, 0.2) is 243 Å². The molecule has 13 rings (SSSR count). The first-order chi connectivity index (χ1) is 35.6. The molecule has 0 fully saturated rings. The Morgan fingerprint density at radius 2 is 0.903 bits per heavy atom. The third-order valence-corrected chi connectivity index (χ3v) is 13.8. The maximum Gasteiger partial charge on any atom is 0.194 e. The van der Waals surface area contributed by atoms with Crippen molar-refractivity contribution in [3.8, 4) is 84.7 Å². The molecule has 6 nitrogen and oxygen atoms in total. The summed E-state index contributed by atoms with van der Waals surface area (Å²) in [4.78, 5) is 14.3. The Labute approximate surface area is 416 Å². The number of fused-ring (bicyclic) bond motifs is 6. The largest absolute Gasteiger partial charge is 0.309 e. The molecule has 0 saturated heterocycles. The van der Waals surface area contributed by atoms with Gasteiger partial charge in [-0.2, -0.15) is 5.26 Å². The fourth-order valence-electron chi connectivity index (χ4n) is 10.5. The Kier molecular flexibility index (Phi) is 10.2. The molecular formula is C66H40N6. The molecule has 0 amide bonds. The molecule has 0 saturated carbocycles. The quantitative estimate of drug-likeness (QED) is 0.143. The van der Waals surface area contributed by atoms with Crippen LogP contribution in [0.4, 0.5) is 5.69 Å². The van der Waals surface area contributed by atoms with Gasteiger partial charge in [0.1, 0.15) is 0 Å². The molecule has 3 aromatic heterocycles. The van der Waals surface area contributed by atoms with Crippen LogP contribution in [0.1, 0.15) is 5.56 Å². The lowest BCUT2D eigenvalue weighted by Gasteiger charge is -2.18. The lowest BCUT2D eigenvalue weighted by atomic mass is 9.97. The predicted octanol–water partition coefficient (Wildman–Crippen LogP) is 17.1. The smallest absolute Gasteiger partial charge is 0.194 e. The zero-order chi connectivity index (χ0) is 48.1. The van der Waals surface area contributed by atoms with Gasteiger partial charge in [-0.15, -0.1) is 0 Å². The SMILES string of the molecule is [C-]#[N+]c1ccccc1-c1ccc2c(c1)c1cc(-c3ccccc3C#N)ccc1n2-c1ccc(-c2cc(-c3ccccc3)nc(-c3ccccc3)n2)cc1-c1cccc(-n2c3ccccc3c3ccccc32)c1. The van der Waals surface area contributed by atoms with Gasteiger partial charge in [0.05, 0.1) is 57.3 Å². The highest BCUT2D eigenvalue weighted by Gasteiger charge is 2.21. The van der Waals surface area contributed by atoms with Gasteiger partial charge in [0, 0.05) is 49.5 Å². The molecule has 0 aliphatic heterocycles. The van der Waals surface area contributed by atoms with Gasteiger partial charge in [-0.05, 0) is 101 Å². The van der Waals surface area contributed by atoms with E-state index in [9.17, 15) is 5.26 Å². The van der Waals surface area contributed by atoms with E-state index in [0.717, 1.165) is 106 Å². The summed E-state index contributed by atoms with van der Waals surface area (Å²) in [6.07, 6.45) is 0. The van der Waals surface area contributed by atoms with E-state index in [1.54, 1.807) is 0 Å². The van der Waals surface area contributed by atoms with Gasteiger partial charge in [0.25, 0.3) is 0 Å². The molecule has 3 heterocycles. The fraction of sp³-hybridized carbons (Fsp3) is 0. The lowest BCUT2D eigenvalue weighted by Crippen LogP contribution is -2.00. The summed E-state index contributed by atoms with van der Waals surface area (Å²) in [5.41, 5.74) is 17.8. The van der Waals surface area contributed by atoms with E-state index in [1.807, 2.05) is 84.9 Å². The van der Waals surface area contributed by atoms with Crippen molar-refractivity contribution in [2.75, 3.05) is 0 Å². The molecule has 0 N–H and O–H groups in total. The van der Waals surface area contributed by atoms with E-state index in [4.69, 9.17) is 16.5 Å². The van der Waals surface area contributed by atoms with Crippen LogP contribution in [0.5, 0.6) is 0 Å². The Bertz CT molecular complexity index is 4130. The molecule has 0 unspecified atom stereocenters. The van der Waals surface area contributed by atoms with Gasteiger partial charge in [-0.3, -0.25) is 0 Å². The minimum atomic E-state index is 0.598. The molecule has 13 aromatic rings.